The van der Waals surface area contributed by atoms with Crippen molar-refractivity contribution in [2.75, 3.05) is 27.3 Å². The van der Waals surface area contributed by atoms with Crippen LogP contribution in [0.25, 0.3) is 0 Å². The fourth-order valence-electron chi connectivity index (χ4n) is 1.29. The molecule has 1 N–H and O–H groups in total. The van der Waals surface area contributed by atoms with Gasteiger partial charge in [-0.25, -0.2) is 9.78 Å². The molecule has 88 valence electrons. The molecule has 5 heteroatoms. The highest BCUT2D eigenvalue weighted by Gasteiger charge is 2.06. The summed E-state index contributed by atoms with van der Waals surface area (Å²) in [5.74, 6) is -0.999. The molecule has 0 radical (unpaired) electrons. The Labute approximate surface area is 94.7 Å². The molecule has 1 rings (SSSR count). The molecule has 0 unspecified atom stereocenters. The monoisotopic (exact) mass is 224 g/mol. The van der Waals surface area contributed by atoms with Crippen LogP contribution in [0.1, 0.15) is 16.2 Å². The first-order valence-electron chi connectivity index (χ1n) is 5.00. The van der Waals surface area contributed by atoms with E-state index in [4.69, 9.17) is 9.84 Å². The van der Waals surface area contributed by atoms with E-state index in [1.807, 2.05) is 18.0 Å². The number of pyridine rings is 1. The molecular formula is C11H16N2O3. The molecule has 0 amide bonds. The molecule has 0 fully saturated rings. The number of hydrogen-bond acceptors (Lipinski definition) is 4. The molecule has 0 spiro atoms. The number of nitrogens with zero attached hydrogens (tertiary/aromatic N) is 2. The van der Waals surface area contributed by atoms with Crippen molar-refractivity contribution in [3.8, 4) is 0 Å². The smallest absolute Gasteiger partial charge is 0.354 e. The van der Waals surface area contributed by atoms with E-state index in [2.05, 4.69) is 4.98 Å². The van der Waals surface area contributed by atoms with Gasteiger partial charge in [-0.05, 0) is 19.2 Å². The van der Waals surface area contributed by atoms with Gasteiger partial charge < -0.3 is 9.84 Å². The number of rotatable bonds is 6. The second kappa shape index (κ2) is 6.19. The van der Waals surface area contributed by atoms with E-state index in [-0.39, 0.29) is 5.69 Å². The number of methoxy groups -OCH3 is 1. The third-order valence-corrected chi connectivity index (χ3v) is 2.13. The van der Waals surface area contributed by atoms with E-state index >= 15 is 0 Å². The lowest BCUT2D eigenvalue weighted by Gasteiger charge is -2.15. The first-order chi connectivity index (χ1) is 7.63. The zero-order valence-electron chi connectivity index (χ0n) is 9.51. The maximum atomic E-state index is 10.7. The van der Waals surface area contributed by atoms with Crippen molar-refractivity contribution in [3.63, 3.8) is 0 Å². The van der Waals surface area contributed by atoms with Gasteiger partial charge in [0.05, 0.1) is 12.3 Å². The van der Waals surface area contributed by atoms with Crippen molar-refractivity contribution in [2.45, 2.75) is 6.54 Å². The topological polar surface area (TPSA) is 62.7 Å². The lowest BCUT2D eigenvalue weighted by Crippen LogP contribution is -2.23. The predicted molar refractivity (Wildman–Crippen MR) is 59.4 cm³/mol. The van der Waals surface area contributed by atoms with Crippen LogP contribution in [0.5, 0.6) is 0 Å². The zero-order chi connectivity index (χ0) is 12.0. The van der Waals surface area contributed by atoms with Gasteiger partial charge in [-0.15, -0.1) is 0 Å². The maximum absolute atomic E-state index is 10.7. The fourth-order valence-corrected chi connectivity index (χ4v) is 1.29. The third-order valence-electron chi connectivity index (χ3n) is 2.13. The first-order valence-corrected chi connectivity index (χ1v) is 5.00. The molecule has 5 nitrogen and oxygen atoms in total. The summed E-state index contributed by atoms with van der Waals surface area (Å²) in [5.41, 5.74) is 0.830. The van der Waals surface area contributed by atoms with Crippen LogP contribution in [0, 0.1) is 0 Å². The largest absolute Gasteiger partial charge is 0.477 e. The lowest BCUT2D eigenvalue weighted by atomic mass is 10.3. The molecule has 16 heavy (non-hydrogen) atoms. The Balaban J connectivity index is 2.59. The summed E-state index contributed by atoms with van der Waals surface area (Å²) >= 11 is 0. The molecule has 1 heterocycles. The van der Waals surface area contributed by atoms with Crippen LogP contribution in [0.4, 0.5) is 0 Å². The number of hydrogen-bond donors (Lipinski definition) is 1. The van der Waals surface area contributed by atoms with Crippen molar-refractivity contribution in [2.24, 2.45) is 0 Å². The Hall–Kier alpha value is -1.46. The Morgan fingerprint density at radius 1 is 1.56 bits per heavy atom. The summed E-state index contributed by atoms with van der Waals surface area (Å²) in [6, 6.07) is 5.01. The second-order valence-electron chi connectivity index (χ2n) is 3.55. The van der Waals surface area contributed by atoms with Crippen molar-refractivity contribution in [1.82, 2.24) is 9.88 Å². The van der Waals surface area contributed by atoms with Gasteiger partial charge >= 0.3 is 5.97 Å². The summed E-state index contributed by atoms with van der Waals surface area (Å²) < 4.78 is 4.96. The van der Waals surface area contributed by atoms with Crippen molar-refractivity contribution in [3.05, 3.63) is 29.6 Å². The molecule has 0 atom stereocenters. The minimum Gasteiger partial charge on any atom is -0.477 e. The molecule has 0 aliphatic rings. The Bertz CT molecular complexity index is 355. The molecule has 0 bridgehead atoms. The SMILES string of the molecule is COCCN(C)Cc1cccc(C(=O)O)n1. The van der Waals surface area contributed by atoms with Gasteiger partial charge in [-0.3, -0.25) is 4.90 Å². The van der Waals surface area contributed by atoms with Gasteiger partial charge in [0.15, 0.2) is 0 Å². The highest BCUT2D eigenvalue weighted by molar-refractivity contribution is 5.85. The molecule has 0 aliphatic carbocycles. The molecule has 0 saturated heterocycles. The first kappa shape index (κ1) is 12.6. The molecular weight excluding hydrogens is 208 g/mol. The van der Waals surface area contributed by atoms with Crippen molar-refractivity contribution in [1.29, 1.82) is 0 Å². The summed E-state index contributed by atoms with van der Waals surface area (Å²) in [7, 11) is 3.59. The number of aromatic nitrogens is 1. The maximum Gasteiger partial charge on any atom is 0.354 e. The van der Waals surface area contributed by atoms with Crippen LogP contribution in [0.3, 0.4) is 0 Å². The molecule has 0 aromatic carbocycles. The van der Waals surface area contributed by atoms with Crippen LogP contribution in [0.15, 0.2) is 18.2 Å². The van der Waals surface area contributed by atoms with Crippen LogP contribution < -0.4 is 0 Å². The normalized spacial score (nSPS) is 10.7. The van der Waals surface area contributed by atoms with Gasteiger partial charge in [-0.2, -0.15) is 0 Å². The van der Waals surface area contributed by atoms with Crippen molar-refractivity contribution < 1.29 is 14.6 Å². The van der Waals surface area contributed by atoms with Crippen LogP contribution in [-0.2, 0) is 11.3 Å². The molecule has 1 aromatic heterocycles. The van der Waals surface area contributed by atoms with Gasteiger partial charge in [0.25, 0.3) is 0 Å². The summed E-state index contributed by atoms with van der Waals surface area (Å²) in [6.45, 7) is 2.05. The number of likely N-dealkylation sites (N-methyl/N-ethyl adjacent to an activating group) is 1. The van der Waals surface area contributed by atoms with E-state index < -0.39 is 5.97 Å². The lowest BCUT2D eigenvalue weighted by molar-refractivity contribution is 0.0690. The minimum atomic E-state index is -0.999. The number of aromatic carboxylic acids is 1. The number of carboxylic acid groups (broad SMARTS) is 1. The van der Waals surface area contributed by atoms with E-state index in [1.165, 1.54) is 6.07 Å². The van der Waals surface area contributed by atoms with E-state index in [0.29, 0.717) is 13.2 Å². The fraction of sp³-hybridized carbons (Fsp3) is 0.455. The van der Waals surface area contributed by atoms with E-state index in [1.54, 1.807) is 13.2 Å². The average molecular weight is 224 g/mol. The Kier molecular flexibility index (Phi) is 4.88. The quantitative estimate of drug-likeness (QED) is 0.776. The molecule has 1 aromatic rings. The standard InChI is InChI=1S/C11H16N2O3/c1-13(6-7-16-2)8-9-4-3-5-10(12-9)11(14)15/h3-5H,6-8H2,1-2H3,(H,14,15). The summed E-state index contributed by atoms with van der Waals surface area (Å²) in [6.07, 6.45) is 0. The second-order valence-corrected chi connectivity index (χ2v) is 3.55. The van der Waals surface area contributed by atoms with Gasteiger partial charge in [-0.1, -0.05) is 6.07 Å². The Morgan fingerprint density at radius 3 is 2.94 bits per heavy atom. The number of carboxylic acids is 1. The molecule has 0 aliphatic heterocycles. The molecule has 0 saturated carbocycles. The number of ether oxygens (including phenoxy) is 1. The van der Waals surface area contributed by atoms with Gasteiger partial charge in [0.1, 0.15) is 5.69 Å². The summed E-state index contributed by atoms with van der Waals surface area (Å²) in [4.78, 5) is 16.8. The zero-order valence-corrected chi connectivity index (χ0v) is 9.51. The van der Waals surface area contributed by atoms with Gasteiger partial charge in [0, 0.05) is 20.2 Å². The highest BCUT2D eigenvalue weighted by Crippen LogP contribution is 2.02. The highest BCUT2D eigenvalue weighted by atomic mass is 16.5. The van der Waals surface area contributed by atoms with Crippen LogP contribution >= 0.6 is 0 Å². The van der Waals surface area contributed by atoms with E-state index in [0.717, 1.165) is 12.2 Å². The van der Waals surface area contributed by atoms with Crippen molar-refractivity contribution >= 4 is 5.97 Å². The van der Waals surface area contributed by atoms with E-state index in [9.17, 15) is 4.79 Å². The predicted octanol–water partition coefficient (Wildman–Crippen LogP) is 0.858. The average Bonchev–Trinajstić information content (AvgIpc) is 2.26. The number of carbonyl (C=O) groups is 1. The third kappa shape index (κ3) is 3.96. The van der Waals surface area contributed by atoms with Gasteiger partial charge in [0.2, 0.25) is 0 Å². The van der Waals surface area contributed by atoms with Crippen LogP contribution in [-0.4, -0.2) is 48.3 Å². The van der Waals surface area contributed by atoms with Crippen LogP contribution in [0.2, 0.25) is 0 Å². The minimum absolute atomic E-state index is 0.0811. The summed E-state index contributed by atoms with van der Waals surface area (Å²) in [5, 5.41) is 8.79. The Morgan fingerprint density at radius 2 is 2.31 bits per heavy atom.